The van der Waals surface area contributed by atoms with Gasteiger partial charge in [-0.05, 0) is 56.3 Å². The zero-order valence-corrected chi connectivity index (χ0v) is 18.4. The Hall–Kier alpha value is -3.44. The lowest BCUT2D eigenvalue weighted by Crippen LogP contribution is -2.32. The van der Waals surface area contributed by atoms with E-state index in [-0.39, 0.29) is 5.56 Å². The summed E-state index contributed by atoms with van der Waals surface area (Å²) in [5.41, 5.74) is 5.27. The molecule has 0 aliphatic heterocycles. The van der Waals surface area contributed by atoms with Crippen LogP contribution in [-0.4, -0.2) is 28.8 Å². The van der Waals surface area contributed by atoms with E-state index in [1.165, 1.54) is 5.56 Å². The minimum Gasteiger partial charge on any atom is -0.497 e. The third kappa shape index (κ3) is 4.37. The van der Waals surface area contributed by atoms with E-state index in [2.05, 4.69) is 36.9 Å². The fraction of sp³-hybridized carbons (Fsp3) is 0.231. The Morgan fingerprint density at radius 1 is 0.968 bits per heavy atom. The molecule has 0 unspecified atom stereocenters. The summed E-state index contributed by atoms with van der Waals surface area (Å²) >= 11 is 0. The molecule has 0 atom stereocenters. The maximum Gasteiger partial charge on any atom is 0.275 e. The molecule has 0 spiro atoms. The Bertz CT molecular complexity index is 1280. The van der Waals surface area contributed by atoms with Crippen LogP contribution in [0, 0.1) is 13.8 Å². The van der Waals surface area contributed by atoms with Gasteiger partial charge in [0.15, 0.2) is 0 Å². The molecule has 1 heterocycles. The maximum atomic E-state index is 13.2. The molecular formula is C26H27N3O2. The number of hydrogen-bond acceptors (Lipinski definition) is 4. The van der Waals surface area contributed by atoms with Gasteiger partial charge in [0, 0.05) is 17.5 Å². The number of fused-ring (bicyclic) bond motifs is 1. The van der Waals surface area contributed by atoms with Gasteiger partial charge in [0.25, 0.3) is 5.56 Å². The Morgan fingerprint density at radius 2 is 1.68 bits per heavy atom. The van der Waals surface area contributed by atoms with Crippen LogP contribution in [0.5, 0.6) is 5.75 Å². The van der Waals surface area contributed by atoms with Gasteiger partial charge in [0.1, 0.15) is 5.75 Å². The van der Waals surface area contributed by atoms with Crippen LogP contribution in [0.3, 0.4) is 0 Å². The lowest BCUT2D eigenvalue weighted by Gasteiger charge is -2.19. The molecule has 0 aliphatic rings. The van der Waals surface area contributed by atoms with Crippen LogP contribution in [0.1, 0.15) is 16.7 Å². The molecule has 0 N–H and O–H groups in total. The molecule has 0 amide bonds. The predicted octanol–water partition coefficient (Wildman–Crippen LogP) is 4.78. The Kier molecular flexibility index (Phi) is 5.87. The minimum atomic E-state index is -0.0776. The summed E-state index contributed by atoms with van der Waals surface area (Å²) in [5.74, 6) is 0.831. The first-order valence-corrected chi connectivity index (χ1v) is 10.3. The predicted molar refractivity (Wildman–Crippen MR) is 125 cm³/mol. The summed E-state index contributed by atoms with van der Waals surface area (Å²) in [7, 11) is 3.65. The van der Waals surface area contributed by atoms with Crippen molar-refractivity contribution >= 4 is 10.8 Å². The van der Waals surface area contributed by atoms with Crippen molar-refractivity contribution in [3.8, 4) is 17.0 Å². The van der Waals surface area contributed by atoms with E-state index in [0.717, 1.165) is 33.5 Å². The van der Waals surface area contributed by atoms with E-state index in [1.807, 2.05) is 55.6 Å². The van der Waals surface area contributed by atoms with Crippen molar-refractivity contribution in [2.45, 2.75) is 27.1 Å². The van der Waals surface area contributed by atoms with Gasteiger partial charge < -0.3 is 4.74 Å². The van der Waals surface area contributed by atoms with Crippen molar-refractivity contribution in [3.63, 3.8) is 0 Å². The van der Waals surface area contributed by atoms with Gasteiger partial charge in [-0.1, -0.05) is 48.0 Å². The van der Waals surface area contributed by atoms with E-state index < -0.39 is 0 Å². The van der Waals surface area contributed by atoms with Gasteiger partial charge >= 0.3 is 0 Å². The van der Waals surface area contributed by atoms with Crippen LogP contribution in [0.15, 0.2) is 71.5 Å². The van der Waals surface area contributed by atoms with E-state index in [9.17, 15) is 4.79 Å². The zero-order chi connectivity index (χ0) is 22.0. The van der Waals surface area contributed by atoms with E-state index >= 15 is 0 Å². The van der Waals surface area contributed by atoms with Crippen molar-refractivity contribution in [1.29, 1.82) is 0 Å². The molecule has 4 aromatic rings. The van der Waals surface area contributed by atoms with Crippen LogP contribution in [0.25, 0.3) is 22.0 Å². The van der Waals surface area contributed by atoms with Crippen molar-refractivity contribution in [2.75, 3.05) is 14.2 Å². The number of aryl methyl sites for hydroxylation is 2. The first-order chi connectivity index (χ1) is 15.0. The first kappa shape index (κ1) is 20.8. The monoisotopic (exact) mass is 413 g/mol. The fourth-order valence-corrected chi connectivity index (χ4v) is 3.84. The number of rotatable bonds is 6. The molecule has 0 radical (unpaired) electrons. The van der Waals surface area contributed by atoms with Crippen molar-refractivity contribution in [2.24, 2.45) is 0 Å². The molecule has 0 saturated carbocycles. The van der Waals surface area contributed by atoms with Crippen LogP contribution < -0.4 is 10.3 Å². The molecule has 0 aliphatic carbocycles. The number of methoxy groups -OCH3 is 1. The van der Waals surface area contributed by atoms with E-state index in [0.29, 0.717) is 18.6 Å². The number of hydrogen-bond donors (Lipinski definition) is 0. The van der Waals surface area contributed by atoms with Gasteiger partial charge in [-0.15, -0.1) is 0 Å². The summed E-state index contributed by atoms with van der Waals surface area (Å²) in [6.07, 6.45) is 0. The third-order valence-corrected chi connectivity index (χ3v) is 5.50. The Balaban J connectivity index is 1.73. The number of aromatic nitrogens is 2. The summed E-state index contributed by atoms with van der Waals surface area (Å²) in [6, 6.07) is 22.0. The molecule has 0 bridgehead atoms. The number of ether oxygens (including phenoxy) is 1. The summed E-state index contributed by atoms with van der Waals surface area (Å²) in [5, 5.41) is 6.39. The highest BCUT2D eigenvalue weighted by Crippen LogP contribution is 2.28. The summed E-state index contributed by atoms with van der Waals surface area (Å²) in [4.78, 5) is 15.3. The van der Waals surface area contributed by atoms with Crippen LogP contribution in [-0.2, 0) is 13.2 Å². The molecule has 3 aromatic carbocycles. The minimum absolute atomic E-state index is 0.0776. The second-order valence-electron chi connectivity index (χ2n) is 8.02. The first-order valence-electron chi connectivity index (χ1n) is 10.3. The molecule has 5 nitrogen and oxygen atoms in total. The second-order valence-corrected chi connectivity index (χ2v) is 8.02. The largest absolute Gasteiger partial charge is 0.497 e. The molecule has 5 heteroatoms. The number of nitrogens with zero attached hydrogens (tertiary/aromatic N) is 3. The maximum absolute atomic E-state index is 13.2. The van der Waals surface area contributed by atoms with Gasteiger partial charge in [0.2, 0.25) is 0 Å². The average molecular weight is 414 g/mol. The molecule has 4 rings (SSSR count). The zero-order valence-electron chi connectivity index (χ0n) is 18.4. The lowest BCUT2D eigenvalue weighted by molar-refractivity contribution is 0.241. The fourth-order valence-electron chi connectivity index (χ4n) is 3.84. The highest BCUT2D eigenvalue weighted by atomic mass is 16.5. The molecular weight excluding hydrogens is 386 g/mol. The SMILES string of the molecule is COc1ccc(CN(C)Cn2nc(-c3cc(C)ccc3C)c3ccccc3c2=O)cc1. The standard InChI is InChI=1S/C26H27N3O2/c1-18-9-10-19(2)24(15-18)25-22-7-5-6-8-23(22)26(30)29(27-25)17-28(3)16-20-11-13-21(31-4)14-12-20/h5-15H,16-17H2,1-4H3. The molecule has 31 heavy (non-hydrogen) atoms. The van der Waals surface area contributed by atoms with Gasteiger partial charge in [0.05, 0.1) is 24.9 Å². The van der Waals surface area contributed by atoms with Gasteiger partial charge in [-0.3, -0.25) is 9.69 Å². The second kappa shape index (κ2) is 8.74. The highest BCUT2D eigenvalue weighted by Gasteiger charge is 2.15. The van der Waals surface area contributed by atoms with Crippen LogP contribution in [0.2, 0.25) is 0 Å². The van der Waals surface area contributed by atoms with Crippen LogP contribution >= 0.6 is 0 Å². The van der Waals surface area contributed by atoms with Crippen molar-refractivity contribution in [1.82, 2.24) is 14.7 Å². The average Bonchev–Trinajstić information content (AvgIpc) is 2.78. The highest BCUT2D eigenvalue weighted by molar-refractivity contribution is 5.94. The van der Waals surface area contributed by atoms with E-state index in [1.54, 1.807) is 11.8 Å². The smallest absolute Gasteiger partial charge is 0.275 e. The Morgan fingerprint density at radius 3 is 2.39 bits per heavy atom. The van der Waals surface area contributed by atoms with Gasteiger partial charge in [-0.2, -0.15) is 5.10 Å². The summed E-state index contributed by atoms with van der Waals surface area (Å²) < 4.78 is 6.80. The van der Waals surface area contributed by atoms with Crippen LogP contribution in [0.4, 0.5) is 0 Å². The topological polar surface area (TPSA) is 47.4 Å². The molecule has 0 fully saturated rings. The quantitative estimate of drug-likeness (QED) is 0.456. The van der Waals surface area contributed by atoms with E-state index in [4.69, 9.17) is 9.84 Å². The molecule has 1 aromatic heterocycles. The number of benzene rings is 3. The van der Waals surface area contributed by atoms with Crippen molar-refractivity contribution < 1.29 is 4.74 Å². The normalized spacial score (nSPS) is 11.3. The molecule has 158 valence electrons. The molecule has 0 saturated heterocycles. The Labute approximate surface area is 182 Å². The lowest BCUT2D eigenvalue weighted by atomic mass is 9.99. The third-order valence-electron chi connectivity index (χ3n) is 5.50. The van der Waals surface area contributed by atoms with Gasteiger partial charge in [-0.25, -0.2) is 4.68 Å². The van der Waals surface area contributed by atoms with Crippen molar-refractivity contribution in [3.05, 3.63) is 93.8 Å². The summed E-state index contributed by atoms with van der Waals surface area (Å²) in [6.45, 7) is 5.25.